The standard InChI is InChI=1S/C17H20N2O6S.K/c1-8(20)10-14(22)19-11(16(23)24)12(25-15(10)19)17(2,3)7-18-13(21)9-5-4-6-26-9;/h4-6,8,10,15,20H,7H2,1-3H3,(H,18,21)(H,23,24);/q;+1/p-1/t8-,10+,15-;/m1./s1. The maximum absolute atomic E-state index is 12.2. The number of carbonyl (C=O) groups is 3. The molecule has 1 aromatic rings. The fraction of sp³-hybridized carbons (Fsp3) is 0.471. The number of nitrogens with one attached hydrogen (secondary N) is 1. The number of hydrogen-bond donors (Lipinski definition) is 2. The van der Waals surface area contributed by atoms with Crippen LogP contribution in [0.25, 0.3) is 0 Å². The van der Waals surface area contributed by atoms with E-state index in [1.807, 2.05) is 0 Å². The first kappa shape index (κ1) is 22.5. The van der Waals surface area contributed by atoms with Crippen molar-refractivity contribution in [2.75, 3.05) is 6.54 Å². The molecule has 3 atom stereocenters. The van der Waals surface area contributed by atoms with Crippen molar-refractivity contribution in [1.29, 1.82) is 0 Å². The first-order chi connectivity index (χ1) is 12.1. The average molecular weight is 419 g/mol. The second-order valence-electron chi connectivity index (χ2n) is 6.99. The van der Waals surface area contributed by atoms with Crippen molar-refractivity contribution in [3.63, 3.8) is 0 Å². The van der Waals surface area contributed by atoms with Gasteiger partial charge in [-0.15, -0.1) is 11.3 Å². The number of nitrogens with zero attached hydrogens (tertiary/aromatic N) is 1. The molecule has 2 aliphatic heterocycles. The Morgan fingerprint density at radius 2 is 2.15 bits per heavy atom. The van der Waals surface area contributed by atoms with Crippen LogP contribution in [0, 0.1) is 11.3 Å². The summed E-state index contributed by atoms with van der Waals surface area (Å²) in [5.74, 6) is -3.08. The van der Waals surface area contributed by atoms with Crippen LogP contribution in [0.4, 0.5) is 0 Å². The van der Waals surface area contributed by atoms with Gasteiger partial charge in [0.15, 0.2) is 6.23 Å². The third-order valence-corrected chi connectivity index (χ3v) is 5.41. The Morgan fingerprint density at radius 3 is 2.67 bits per heavy atom. The fourth-order valence-electron chi connectivity index (χ4n) is 3.13. The van der Waals surface area contributed by atoms with Crippen LogP contribution in [-0.2, 0) is 14.3 Å². The molecule has 0 bridgehead atoms. The molecule has 2 amide bonds. The van der Waals surface area contributed by atoms with Crippen LogP contribution in [0.2, 0.25) is 0 Å². The van der Waals surface area contributed by atoms with Crippen LogP contribution in [0.1, 0.15) is 30.4 Å². The van der Waals surface area contributed by atoms with Crippen molar-refractivity contribution in [2.24, 2.45) is 11.3 Å². The average Bonchev–Trinajstić information content (AvgIpc) is 3.18. The van der Waals surface area contributed by atoms with Gasteiger partial charge < -0.3 is 25.1 Å². The minimum Gasteiger partial charge on any atom is -0.543 e. The number of thiophene rings is 1. The Bertz CT molecular complexity index is 789. The molecule has 3 heterocycles. The van der Waals surface area contributed by atoms with Crippen molar-refractivity contribution in [3.05, 3.63) is 33.8 Å². The number of hydrogen-bond acceptors (Lipinski definition) is 7. The van der Waals surface area contributed by atoms with Gasteiger partial charge >= 0.3 is 51.4 Å². The predicted molar refractivity (Wildman–Crippen MR) is 89.4 cm³/mol. The van der Waals surface area contributed by atoms with Gasteiger partial charge in [0, 0.05) is 12.0 Å². The zero-order valence-corrected chi connectivity index (χ0v) is 19.5. The summed E-state index contributed by atoms with van der Waals surface area (Å²) >= 11 is 1.29. The van der Waals surface area contributed by atoms with E-state index < -0.39 is 35.5 Å². The number of fused-ring (bicyclic) bond motifs is 1. The molecule has 0 aromatic carbocycles. The van der Waals surface area contributed by atoms with E-state index in [2.05, 4.69) is 5.32 Å². The summed E-state index contributed by atoms with van der Waals surface area (Å²) in [7, 11) is 0. The first-order valence-corrected chi connectivity index (χ1v) is 8.98. The van der Waals surface area contributed by atoms with Gasteiger partial charge in [0.2, 0.25) is 5.91 Å². The minimum atomic E-state index is -1.53. The Labute approximate surface area is 203 Å². The van der Waals surface area contributed by atoms with Crippen molar-refractivity contribution >= 4 is 29.1 Å². The summed E-state index contributed by atoms with van der Waals surface area (Å²) in [6.45, 7) is 4.96. The molecule has 8 nitrogen and oxygen atoms in total. The second kappa shape index (κ2) is 8.32. The molecule has 2 N–H and O–H groups in total. The Balaban J connectivity index is 0.00000261. The van der Waals surface area contributed by atoms with Crippen LogP contribution in [0.15, 0.2) is 29.0 Å². The SMILES string of the molecule is C[C@@H](O)[C@H]1C(=O)N2C(C(=O)[O-])=C(C(C)(C)CNC(=O)c3cccs3)O[C@H]12.[K+]. The number of rotatable bonds is 6. The number of aliphatic hydroxyl groups excluding tert-OH is 1. The summed E-state index contributed by atoms with van der Waals surface area (Å²) in [4.78, 5) is 37.5. The van der Waals surface area contributed by atoms with Gasteiger partial charge in [-0.05, 0) is 18.4 Å². The Morgan fingerprint density at radius 1 is 1.48 bits per heavy atom. The number of ether oxygens (including phenoxy) is 1. The van der Waals surface area contributed by atoms with Gasteiger partial charge in [0.05, 0.1) is 17.0 Å². The molecule has 10 heteroatoms. The van der Waals surface area contributed by atoms with Gasteiger partial charge in [0.25, 0.3) is 5.91 Å². The van der Waals surface area contributed by atoms with E-state index >= 15 is 0 Å². The molecule has 1 fully saturated rings. The fourth-order valence-corrected chi connectivity index (χ4v) is 3.77. The van der Waals surface area contributed by atoms with E-state index in [0.717, 1.165) is 4.90 Å². The number of amides is 2. The van der Waals surface area contributed by atoms with E-state index in [1.54, 1.807) is 31.4 Å². The molecule has 0 radical (unpaired) electrons. The Hall–Kier alpha value is -0.754. The van der Waals surface area contributed by atoms with Crippen LogP contribution in [-0.4, -0.2) is 46.7 Å². The number of aliphatic carboxylic acids is 1. The van der Waals surface area contributed by atoms with Crippen molar-refractivity contribution in [2.45, 2.75) is 33.1 Å². The molecule has 0 spiro atoms. The van der Waals surface area contributed by atoms with Gasteiger partial charge in [-0.1, -0.05) is 19.9 Å². The number of carboxylic acid groups (broad SMARTS) is 1. The number of β-lactam (4-membered cyclic amide) rings is 1. The van der Waals surface area contributed by atoms with Crippen molar-refractivity contribution in [3.8, 4) is 0 Å². The second-order valence-corrected chi connectivity index (χ2v) is 7.94. The summed E-state index contributed by atoms with van der Waals surface area (Å²) in [6.07, 6.45) is -1.83. The van der Waals surface area contributed by atoms with E-state index in [9.17, 15) is 24.6 Å². The minimum absolute atomic E-state index is 0. The number of carboxylic acids is 1. The third kappa shape index (κ3) is 4.02. The van der Waals surface area contributed by atoms with Gasteiger partial charge in [-0.2, -0.15) is 0 Å². The van der Waals surface area contributed by atoms with Crippen LogP contribution < -0.4 is 61.8 Å². The maximum atomic E-state index is 12.2. The zero-order chi connectivity index (χ0) is 19.2. The molecule has 3 rings (SSSR count). The molecule has 27 heavy (non-hydrogen) atoms. The topological polar surface area (TPSA) is 119 Å². The summed E-state index contributed by atoms with van der Waals surface area (Å²) in [5.41, 5.74) is -1.24. The zero-order valence-electron chi connectivity index (χ0n) is 15.5. The smallest absolute Gasteiger partial charge is 0.543 e. The molecule has 1 saturated heterocycles. The summed E-state index contributed by atoms with van der Waals surface area (Å²) in [5, 5.41) is 25.9. The molecule has 0 saturated carbocycles. The molecule has 140 valence electrons. The van der Waals surface area contributed by atoms with E-state index in [1.165, 1.54) is 18.3 Å². The normalized spacial score (nSPS) is 22.4. The Kier molecular flexibility index (Phi) is 6.94. The van der Waals surface area contributed by atoms with Crippen LogP contribution in [0.5, 0.6) is 0 Å². The maximum Gasteiger partial charge on any atom is 1.00 e. The van der Waals surface area contributed by atoms with Crippen molar-refractivity contribution < 1.29 is 80.7 Å². The molecular formula is C17H19KN2O6S. The summed E-state index contributed by atoms with van der Waals surface area (Å²) in [6, 6.07) is 3.44. The quantitative estimate of drug-likeness (QED) is 0.368. The molecule has 0 aliphatic carbocycles. The summed E-state index contributed by atoms with van der Waals surface area (Å²) < 4.78 is 5.72. The van der Waals surface area contributed by atoms with Gasteiger partial charge in [-0.3, -0.25) is 14.5 Å². The molecule has 1 aromatic heterocycles. The van der Waals surface area contributed by atoms with Crippen LogP contribution >= 0.6 is 11.3 Å². The van der Waals surface area contributed by atoms with Crippen LogP contribution in [0.3, 0.4) is 0 Å². The van der Waals surface area contributed by atoms with E-state index in [0.29, 0.717) is 4.88 Å². The molecular weight excluding hydrogens is 399 g/mol. The van der Waals surface area contributed by atoms with E-state index in [4.69, 9.17) is 4.74 Å². The predicted octanol–water partition coefficient (Wildman–Crippen LogP) is -3.33. The molecule has 0 unspecified atom stereocenters. The third-order valence-electron chi connectivity index (χ3n) is 4.54. The van der Waals surface area contributed by atoms with Crippen molar-refractivity contribution in [1.82, 2.24) is 10.2 Å². The van der Waals surface area contributed by atoms with E-state index in [-0.39, 0.29) is 75.3 Å². The number of carbonyl (C=O) groups excluding carboxylic acids is 3. The van der Waals surface area contributed by atoms with Gasteiger partial charge in [-0.25, -0.2) is 0 Å². The largest absolute Gasteiger partial charge is 1.00 e. The van der Waals surface area contributed by atoms with Gasteiger partial charge in [0.1, 0.15) is 17.4 Å². The number of aliphatic hydroxyl groups is 1. The first-order valence-electron chi connectivity index (χ1n) is 8.10. The molecule has 2 aliphatic rings. The monoisotopic (exact) mass is 418 g/mol.